The van der Waals surface area contributed by atoms with E-state index < -0.39 is 0 Å². The molecule has 0 unspecified atom stereocenters. The SMILES string of the molecule is Cc1ccc([C@H]2c3ccsc3CCN2CC(=O)N2CCN(C(=O)NC3CCCCC3)[C@@H](C)C2)cc1. The molecule has 2 atom stereocenters. The summed E-state index contributed by atoms with van der Waals surface area (Å²) in [5.74, 6) is 0.167. The standard InChI is InChI=1S/C28H38N4O2S/c1-20-8-10-22(11-9-20)27-24-13-17-35-25(24)12-14-31(27)19-26(33)30-15-16-32(21(2)18-30)28(34)29-23-6-4-3-5-7-23/h8-11,13,17,21,23,27H,3-7,12,14-16,18-19H2,1-2H3,(H,29,34)/t21-,27-/m0/s1. The first kappa shape index (κ1) is 24.3. The third-order valence-corrected chi connectivity index (χ3v) is 8.97. The van der Waals surface area contributed by atoms with Crippen molar-refractivity contribution in [3.05, 3.63) is 57.3 Å². The van der Waals surface area contributed by atoms with Crippen LogP contribution in [0.5, 0.6) is 0 Å². The maximum absolute atomic E-state index is 13.5. The maximum atomic E-state index is 13.5. The summed E-state index contributed by atoms with van der Waals surface area (Å²) in [5, 5.41) is 5.42. The Hall–Kier alpha value is -2.38. The summed E-state index contributed by atoms with van der Waals surface area (Å²) >= 11 is 1.83. The number of aryl methyl sites for hydroxylation is 1. The van der Waals surface area contributed by atoms with Crippen molar-refractivity contribution in [2.45, 2.75) is 70.5 Å². The minimum atomic E-state index is 0.0222. The average Bonchev–Trinajstić information content (AvgIpc) is 3.34. The van der Waals surface area contributed by atoms with Crippen LogP contribution in [0.4, 0.5) is 4.79 Å². The lowest BCUT2D eigenvalue weighted by Crippen LogP contribution is -2.59. The molecule has 188 valence electrons. The van der Waals surface area contributed by atoms with Gasteiger partial charge in [-0.1, -0.05) is 49.1 Å². The van der Waals surface area contributed by atoms with Gasteiger partial charge in [-0.15, -0.1) is 11.3 Å². The number of rotatable bonds is 4. The van der Waals surface area contributed by atoms with Crippen LogP contribution in [0.2, 0.25) is 0 Å². The summed E-state index contributed by atoms with van der Waals surface area (Å²) < 4.78 is 0. The first-order valence-electron chi connectivity index (χ1n) is 13.2. The van der Waals surface area contributed by atoms with Crippen LogP contribution in [-0.2, 0) is 11.2 Å². The smallest absolute Gasteiger partial charge is 0.317 e. The summed E-state index contributed by atoms with van der Waals surface area (Å²) in [5.41, 5.74) is 3.84. The topological polar surface area (TPSA) is 55.9 Å². The monoisotopic (exact) mass is 494 g/mol. The van der Waals surface area contributed by atoms with Gasteiger partial charge in [-0.25, -0.2) is 4.79 Å². The molecule has 1 saturated carbocycles. The minimum absolute atomic E-state index is 0.0222. The second-order valence-electron chi connectivity index (χ2n) is 10.5. The minimum Gasteiger partial charge on any atom is -0.338 e. The van der Waals surface area contributed by atoms with Crippen molar-refractivity contribution in [3.63, 3.8) is 0 Å². The highest BCUT2D eigenvalue weighted by molar-refractivity contribution is 7.10. The molecule has 35 heavy (non-hydrogen) atoms. The van der Waals surface area contributed by atoms with Crippen molar-refractivity contribution < 1.29 is 9.59 Å². The van der Waals surface area contributed by atoms with Gasteiger partial charge >= 0.3 is 6.03 Å². The number of benzene rings is 1. The van der Waals surface area contributed by atoms with E-state index in [0.717, 1.165) is 25.8 Å². The Morgan fingerprint density at radius 1 is 1.03 bits per heavy atom. The van der Waals surface area contributed by atoms with Crippen LogP contribution in [0.15, 0.2) is 35.7 Å². The molecule has 0 radical (unpaired) electrons. The van der Waals surface area contributed by atoms with Crippen molar-refractivity contribution in [2.75, 3.05) is 32.7 Å². The lowest BCUT2D eigenvalue weighted by Gasteiger charge is -2.42. The van der Waals surface area contributed by atoms with E-state index in [1.54, 1.807) is 0 Å². The molecule has 2 fully saturated rings. The number of nitrogens with one attached hydrogen (secondary N) is 1. The number of carbonyl (C=O) groups excluding carboxylic acids is 2. The Morgan fingerprint density at radius 2 is 1.80 bits per heavy atom. The Labute approximate surface area is 213 Å². The van der Waals surface area contributed by atoms with Crippen LogP contribution in [0, 0.1) is 6.92 Å². The van der Waals surface area contributed by atoms with E-state index in [1.165, 1.54) is 40.8 Å². The zero-order valence-corrected chi connectivity index (χ0v) is 21.9. The Bertz CT molecular complexity index is 1030. The molecule has 2 aromatic rings. The molecule has 0 spiro atoms. The molecule has 0 bridgehead atoms. The van der Waals surface area contributed by atoms with E-state index in [1.807, 2.05) is 21.1 Å². The third-order valence-electron chi connectivity index (χ3n) is 7.97. The van der Waals surface area contributed by atoms with E-state index in [-0.39, 0.29) is 24.0 Å². The third kappa shape index (κ3) is 5.41. The summed E-state index contributed by atoms with van der Waals surface area (Å²) in [6.45, 7) is 7.27. The number of fused-ring (bicyclic) bond motifs is 1. The molecular formula is C28H38N4O2S. The molecular weight excluding hydrogens is 456 g/mol. The molecule has 5 rings (SSSR count). The van der Waals surface area contributed by atoms with E-state index in [4.69, 9.17) is 0 Å². The number of piperazine rings is 1. The molecule has 6 nitrogen and oxygen atoms in total. The molecule has 3 amide bonds. The van der Waals surface area contributed by atoms with Crippen molar-refractivity contribution in [3.8, 4) is 0 Å². The largest absolute Gasteiger partial charge is 0.338 e. The van der Waals surface area contributed by atoms with Crippen LogP contribution in [0.1, 0.15) is 66.6 Å². The van der Waals surface area contributed by atoms with Gasteiger partial charge in [-0.05, 0) is 55.7 Å². The van der Waals surface area contributed by atoms with Crippen LogP contribution in [0.25, 0.3) is 0 Å². The second kappa shape index (κ2) is 10.7. The summed E-state index contributed by atoms with van der Waals surface area (Å²) in [4.78, 5) is 34.0. The number of thiophene rings is 1. The number of hydrogen-bond donors (Lipinski definition) is 1. The van der Waals surface area contributed by atoms with Gasteiger partial charge in [0.05, 0.1) is 12.6 Å². The Morgan fingerprint density at radius 3 is 2.54 bits per heavy atom. The van der Waals surface area contributed by atoms with E-state index in [9.17, 15) is 9.59 Å². The quantitative estimate of drug-likeness (QED) is 0.677. The molecule has 1 aliphatic carbocycles. The van der Waals surface area contributed by atoms with Crippen molar-refractivity contribution >= 4 is 23.3 Å². The van der Waals surface area contributed by atoms with Crippen molar-refractivity contribution in [1.29, 1.82) is 0 Å². The lowest BCUT2D eigenvalue weighted by molar-refractivity contribution is -0.135. The van der Waals surface area contributed by atoms with Crippen molar-refractivity contribution in [2.24, 2.45) is 0 Å². The van der Waals surface area contributed by atoms with Gasteiger partial charge in [0.15, 0.2) is 0 Å². The van der Waals surface area contributed by atoms with Gasteiger partial charge in [0.2, 0.25) is 5.91 Å². The van der Waals surface area contributed by atoms with E-state index in [0.29, 0.717) is 32.2 Å². The second-order valence-corrected chi connectivity index (χ2v) is 11.5. The van der Waals surface area contributed by atoms with Crippen LogP contribution >= 0.6 is 11.3 Å². The highest BCUT2D eigenvalue weighted by Gasteiger charge is 2.35. The normalized spacial score (nSPS) is 23.7. The molecule has 2 aliphatic heterocycles. The number of carbonyl (C=O) groups is 2. The number of nitrogens with zero attached hydrogens (tertiary/aromatic N) is 3. The van der Waals surface area contributed by atoms with Gasteiger partial charge in [0, 0.05) is 43.1 Å². The molecule has 7 heteroatoms. The Kier molecular flexibility index (Phi) is 7.44. The summed E-state index contributed by atoms with van der Waals surface area (Å²) in [7, 11) is 0. The molecule has 1 aromatic carbocycles. The highest BCUT2D eigenvalue weighted by atomic mass is 32.1. The van der Waals surface area contributed by atoms with E-state index >= 15 is 0 Å². The summed E-state index contributed by atoms with van der Waals surface area (Å²) in [6.07, 6.45) is 6.85. The predicted octanol–water partition coefficient (Wildman–Crippen LogP) is 4.58. The first-order chi connectivity index (χ1) is 17.0. The molecule has 3 heterocycles. The fourth-order valence-corrected chi connectivity index (χ4v) is 6.85. The fourth-order valence-electron chi connectivity index (χ4n) is 5.94. The molecule has 1 N–H and O–H groups in total. The van der Waals surface area contributed by atoms with Gasteiger partial charge < -0.3 is 15.1 Å². The fraction of sp³-hybridized carbons (Fsp3) is 0.571. The average molecular weight is 495 g/mol. The van der Waals surface area contributed by atoms with Gasteiger partial charge in [-0.3, -0.25) is 9.69 Å². The highest BCUT2D eigenvalue weighted by Crippen LogP contribution is 2.37. The van der Waals surface area contributed by atoms with Gasteiger partial charge in [0.1, 0.15) is 0 Å². The van der Waals surface area contributed by atoms with Gasteiger partial charge in [-0.2, -0.15) is 0 Å². The molecule has 1 saturated heterocycles. The first-order valence-corrected chi connectivity index (χ1v) is 14.1. The zero-order chi connectivity index (χ0) is 24.4. The number of urea groups is 1. The van der Waals surface area contributed by atoms with Crippen molar-refractivity contribution in [1.82, 2.24) is 20.0 Å². The summed E-state index contributed by atoms with van der Waals surface area (Å²) in [6, 6.07) is 11.5. The van der Waals surface area contributed by atoms with Crippen LogP contribution in [0.3, 0.4) is 0 Å². The lowest BCUT2D eigenvalue weighted by atomic mass is 9.92. The Balaban J connectivity index is 1.22. The maximum Gasteiger partial charge on any atom is 0.317 e. The number of hydrogen-bond acceptors (Lipinski definition) is 4. The van der Waals surface area contributed by atoms with Gasteiger partial charge in [0.25, 0.3) is 0 Å². The number of amides is 3. The van der Waals surface area contributed by atoms with Crippen LogP contribution < -0.4 is 5.32 Å². The van der Waals surface area contributed by atoms with Crippen LogP contribution in [-0.4, -0.2) is 71.4 Å². The molecule has 3 aliphatic rings. The predicted molar refractivity (Wildman–Crippen MR) is 141 cm³/mol. The van der Waals surface area contributed by atoms with E-state index in [2.05, 4.69) is 59.8 Å². The molecule has 1 aromatic heterocycles. The zero-order valence-electron chi connectivity index (χ0n) is 21.0.